The third-order valence-corrected chi connectivity index (χ3v) is 4.73. The molecule has 0 bridgehead atoms. The number of carbonyl (C=O) groups is 1. The van der Waals surface area contributed by atoms with Gasteiger partial charge in [-0.2, -0.15) is 5.10 Å². The quantitative estimate of drug-likeness (QED) is 0.645. The molecule has 1 fully saturated rings. The van der Waals surface area contributed by atoms with Crippen LogP contribution in [0, 0.1) is 0 Å². The summed E-state index contributed by atoms with van der Waals surface area (Å²) in [5, 5.41) is 4.33. The molecule has 0 spiro atoms. The van der Waals surface area contributed by atoms with Gasteiger partial charge in [-0.15, -0.1) is 0 Å². The third kappa shape index (κ3) is 3.82. The van der Waals surface area contributed by atoms with E-state index < -0.39 is 13.8 Å². The number of rotatable bonds is 6. The van der Waals surface area contributed by atoms with Crippen LogP contribution in [-0.2, 0) is 14.6 Å². The molecule has 1 atom stereocenters. The van der Waals surface area contributed by atoms with E-state index in [9.17, 15) is 14.3 Å². The molecular weight excluding hydrogens is 291 g/mol. The Labute approximate surface area is 125 Å². The number of hydrogen-bond acceptors (Lipinski definition) is 4. The molecule has 2 rings (SSSR count). The van der Waals surface area contributed by atoms with E-state index in [2.05, 4.69) is 5.10 Å². The van der Waals surface area contributed by atoms with Crippen LogP contribution in [0.1, 0.15) is 62.5 Å². The van der Waals surface area contributed by atoms with Crippen molar-refractivity contribution in [3.05, 3.63) is 17.5 Å². The summed E-state index contributed by atoms with van der Waals surface area (Å²) in [6.45, 7) is 7.81. The Morgan fingerprint density at radius 2 is 2.14 bits per heavy atom. The number of aromatic nitrogens is 2. The van der Waals surface area contributed by atoms with Crippen LogP contribution in [0.2, 0.25) is 0 Å². The van der Waals surface area contributed by atoms with Crippen molar-refractivity contribution in [3.63, 3.8) is 0 Å². The normalized spacial score (nSPS) is 18.5. The zero-order chi connectivity index (χ0) is 15.8. The first-order chi connectivity index (χ1) is 9.65. The summed E-state index contributed by atoms with van der Waals surface area (Å²) in [5.74, 6) is -0.0393. The fraction of sp³-hybridized carbons (Fsp3) is 0.714. The highest BCUT2D eigenvalue weighted by Gasteiger charge is 2.36. The Morgan fingerprint density at radius 3 is 2.62 bits per heavy atom. The molecule has 1 aromatic rings. The molecule has 1 N–H and O–H groups in total. The summed E-state index contributed by atoms with van der Waals surface area (Å²) in [4.78, 5) is 22.0. The lowest BCUT2D eigenvalue weighted by atomic mass is 10.1. The molecule has 118 valence electrons. The molecule has 21 heavy (non-hydrogen) atoms. The van der Waals surface area contributed by atoms with E-state index in [1.807, 2.05) is 25.5 Å². The number of nitrogens with zero attached hydrogens (tertiary/aromatic N) is 2. The Balaban J connectivity index is 2.30. The molecule has 0 saturated heterocycles. The summed E-state index contributed by atoms with van der Waals surface area (Å²) in [7, 11) is -3.86. The topological polar surface area (TPSA) is 81.4 Å². The second-order valence-electron chi connectivity index (χ2n) is 6.44. The van der Waals surface area contributed by atoms with Gasteiger partial charge in [-0.3, -0.25) is 14.0 Å². The maximum Gasteiger partial charge on any atom is 0.335 e. The molecule has 0 aliphatic heterocycles. The van der Waals surface area contributed by atoms with Crippen LogP contribution in [0.5, 0.6) is 0 Å². The van der Waals surface area contributed by atoms with Crippen molar-refractivity contribution in [2.75, 3.05) is 12.8 Å². The number of carbonyl (C=O) groups excluding carboxylic acids is 1. The molecule has 1 aliphatic carbocycles. The second kappa shape index (κ2) is 5.67. The van der Waals surface area contributed by atoms with Gasteiger partial charge in [0, 0.05) is 5.92 Å². The van der Waals surface area contributed by atoms with Crippen molar-refractivity contribution in [3.8, 4) is 0 Å². The van der Waals surface area contributed by atoms with Gasteiger partial charge in [-0.25, -0.2) is 0 Å². The SMILES string of the molecule is CCOP(=O)(O)CC(=O)c1cnn(C(C)(C)C)c1C1CC1. The van der Waals surface area contributed by atoms with Gasteiger partial charge < -0.3 is 9.42 Å². The fourth-order valence-electron chi connectivity index (χ4n) is 2.37. The maximum absolute atomic E-state index is 12.4. The van der Waals surface area contributed by atoms with Crippen LogP contribution < -0.4 is 0 Å². The van der Waals surface area contributed by atoms with Crippen molar-refractivity contribution in [1.29, 1.82) is 0 Å². The fourth-order valence-corrected chi connectivity index (χ4v) is 3.40. The average molecular weight is 314 g/mol. The monoisotopic (exact) mass is 314 g/mol. The Hall–Kier alpha value is -0.970. The highest BCUT2D eigenvalue weighted by atomic mass is 31.2. The highest BCUT2D eigenvalue weighted by molar-refractivity contribution is 7.53. The predicted molar refractivity (Wildman–Crippen MR) is 79.8 cm³/mol. The van der Waals surface area contributed by atoms with Gasteiger partial charge in [0.25, 0.3) is 0 Å². The van der Waals surface area contributed by atoms with Gasteiger partial charge in [0.15, 0.2) is 5.78 Å². The first kappa shape index (κ1) is 16.4. The lowest BCUT2D eigenvalue weighted by molar-refractivity contribution is 0.101. The molecule has 0 aromatic carbocycles. The first-order valence-corrected chi connectivity index (χ1v) is 9.00. The van der Waals surface area contributed by atoms with Crippen molar-refractivity contribution >= 4 is 13.4 Å². The van der Waals surface area contributed by atoms with E-state index in [-0.39, 0.29) is 17.9 Å². The summed E-state index contributed by atoms with van der Waals surface area (Å²) in [6.07, 6.45) is 3.10. The number of Topliss-reactive ketones (excluding diaryl/α,β-unsaturated/α-hetero) is 1. The summed E-state index contributed by atoms with van der Waals surface area (Å²) < 4.78 is 18.4. The van der Waals surface area contributed by atoms with Gasteiger partial charge in [0.2, 0.25) is 0 Å². The minimum absolute atomic E-state index is 0.109. The van der Waals surface area contributed by atoms with Crippen molar-refractivity contribution in [2.24, 2.45) is 0 Å². The number of hydrogen-bond donors (Lipinski definition) is 1. The van der Waals surface area contributed by atoms with Crippen LogP contribution in [0.4, 0.5) is 0 Å². The van der Waals surface area contributed by atoms with E-state index in [0.29, 0.717) is 11.5 Å². The largest absolute Gasteiger partial charge is 0.335 e. The molecule has 7 heteroatoms. The molecule has 1 aliphatic rings. The van der Waals surface area contributed by atoms with E-state index >= 15 is 0 Å². The van der Waals surface area contributed by atoms with Gasteiger partial charge in [-0.05, 0) is 40.5 Å². The van der Waals surface area contributed by atoms with Crippen LogP contribution >= 0.6 is 7.60 Å². The van der Waals surface area contributed by atoms with E-state index in [4.69, 9.17) is 4.52 Å². The molecular formula is C14H23N2O4P. The zero-order valence-corrected chi connectivity index (χ0v) is 13.9. The van der Waals surface area contributed by atoms with Crippen LogP contribution in [0.3, 0.4) is 0 Å². The number of ketones is 1. The second-order valence-corrected chi connectivity index (χ2v) is 8.29. The van der Waals surface area contributed by atoms with Gasteiger partial charge in [0.05, 0.1) is 29.6 Å². The van der Waals surface area contributed by atoms with E-state index in [1.54, 1.807) is 6.92 Å². The molecule has 6 nitrogen and oxygen atoms in total. The molecule has 1 unspecified atom stereocenters. The summed E-state index contributed by atoms with van der Waals surface area (Å²) in [6, 6.07) is 0. The smallest absolute Gasteiger partial charge is 0.324 e. The molecule has 0 radical (unpaired) electrons. The van der Waals surface area contributed by atoms with E-state index in [0.717, 1.165) is 18.5 Å². The lowest BCUT2D eigenvalue weighted by Gasteiger charge is -2.23. The highest BCUT2D eigenvalue weighted by Crippen LogP contribution is 2.46. The predicted octanol–water partition coefficient (Wildman–Crippen LogP) is 2.92. The van der Waals surface area contributed by atoms with Gasteiger partial charge in [-0.1, -0.05) is 0 Å². The Bertz CT molecular complexity index is 584. The summed E-state index contributed by atoms with van der Waals surface area (Å²) >= 11 is 0. The average Bonchev–Trinajstić information content (AvgIpc) is 3.04. The molecule has 1 aromatic heterocycles. The van der Waals surface area contributed by atoms with Gasteiger partial charge >= 0.3 is 7.60 Å². The van der Waals surface area contributed by atoms with E-state index in [1.165, 1.54) is 6.20 Å². The van der Waals surface area contributed by atoms with Crippen LogP contribution in [0.25, 0.3) is 0 Å². The van der Waals surface area contributed by atoms with Gasteiger partial charge in [0.1, 0.15) is 6.16 Å². The minimum atomic E-state index is -3.86. The minimum Gasteiger partial charge on any atom is -0.324 e. The van der Waals surface area contributed by atoms with Crippen molar-refractivity contribution in [2.45, 2.75) is 52.0 Å². The van der Waals surface area contributed by atoms with Crippen LogP contribution in [-0.4, -0.2) is 33.2 Å². The molecule has 1 heterocycles. The summed E-state index contributed by atoms with van der Waals surface area (Å²) in [5.41, 5.74) is 1.13. The standard InChI is InChI=1S/C14H23N2O4P/c1-5-20-21(18,19)9-12(17)11-8-15-16(14(2,3)4)13(11)10-6-7-10/h8,10H,5-7,9H2,1-4H3,(H,18,19). The maximum atomic E-state index is 12.4. The third-order valence-electron chi connectivity index (χ3n) is 3.38. The Kier molecular flexibility index (Phi) is 4.43. The first-order valence-electron chi connectivity index (χ1n) is 7.23. The Morgan fingerprint density at radius 1 is 1.52 bits per heavy atom. The van der Waals surface area contributed by atoms with Crippen LogP contribution in [0.15, 0.2) is 6.20 Å². The lowest BCUT2D eigenvalue weighted by Crippen LogP contribution is -2.25. The molecule has 1 saturated carbocycles. The van der Waals surface area contributed by atoms with Crippen molar-refractivity contribution < 1.29 is 18.8 Å². The zero-order valence-electron chi connectivity index (χ0n) is 13.0. The van der Waals surface area contributed by atoms with Crippen molar-refractivity contribution in [1.82, 2.24) is 9.78 Å². The molecule has 0 amide bonds.